The highest BCUT2D eigenvalue weighted by molar-refractivity contribution is 7.83. The molecule has 0 bridgehead atoms. The Morgan fingerprint density at radius 3 is 2.19 bits per heavy atom. The van der Waals surface area contributed by atoms with E-state index in [1.807, 2.05) is 4.90 Å². The van der Waals surface area contributed by atoms with Gasteiger partial charge in [-0.05, 0) is 6.07 Å². The normalized spacial score (nSPS) is 18.7. The maximum atomic E-state index is 10.9. The minimum absolute atomic E-state index is 0.247. The summed E-state index contributed by atoms with van der Waals surface area (Å²) < 4.78 is 31.6. The second kappa shape index (κ2) is 4.32. The summed E-state index contributed by atoms with van der Waals surface area (Å²) in [5.74, 6) is 0.581. The van der Waals surface area contributed by atoms with Gasteiger partial charge in [0.2, 0.25) is 5.95 Å². The van der Waals surface area contributed by atoms with Gasteiger partial charge in [-0.15, -0.1) is 0 Å². The molecule has 7 nitrogen and oxygen atoms in total. The van der Waals surface area contributed by atoms with E-state index in [1.165, 1.54) is 0 Å². The Bertz CT molecular complexity index is 442. The lowest BCUT2D eigenvalue weighted by molar-refractivity contribution is 0.334. The molecule has 1 aromatic heterocycles. The summed E-state index contributed by atoms with van der Waals surface area (Å²) in [5.41, 5.74) is 0. The SMILES string of the molecule is O=S(=O)(O)N1CCN(c2ncccn2)CC1. The molecule has 16 heavy (non-hydrogen) atoms. The van der Waals surface area contributed by atoms with E-state index in [9.17, 15) is 8.42 Å². The van der Waals surface area contributed by atoms with E-state index in [1.54, 1.807) is 18.5 Å². The lowest BCUT2D eigenvalue weighted by atomic mass is 10.4. The summed E-state index contributed by atoms with van der Waals surface area (Å²) in [5, 5.41) is 0. The van der Waals surface area contributed by atoms with Crippen molar-refractivity contribution in [2.75, 3.05) is 31.1 Å². The van der Waals surface area contributed by atoms with Crippen molar-refractivity contribution in [3.05, 3.63) is 18.5 Å². The highest BCUT2D eigenvalue weighted by Gasteiger charge is 2.25. The Labute approximate surface area is 93.6 Å². The van der Waals surface area contributed by atoms with E-state index in [2.05, 4.69) is 9.97 Å². The quantitative estimate of drug-likeness (QED) is 0.699. The van der Waals surface area contributed by atoms with Crippen molar-refractivity contribution in [2.45, 2.75) is 0 Å². The third kappa shape index (κ3) is 2.46. The molecule has 0 aromatic carbocycles. The Hall–Kier alpha value is -1.25. The minimum atomic E-state index is -4.07. The zero-order valence-corrected chi connectivity index (χ0v) is 9.34. The first kappa shape index (κ1) is 11.2. The van der Waals surface area contributed by atoms with Crippen molar-refractivity contribution in [3.63, 3.8) is 0 Å². The summed E-state index contributed by atoms with van der Waals surface area (Å²) >= 11 is 0. The predicted octanol–water partition coefficient (Wildman–Crippen LogP) is -0.599. The Kier molecular flexibility index (Phi) is 3.03. The van der Waals surface area contributed by atoms with Crippen LogP contribution in [0.15, 0.2) is 18.5 Å². The molecule has 0 spiro atoms. The van der Waals surface area contributed by atoms with Crippen molar-refractivity contribution in [1.29, 1.82) is 0 Å². The van der Waals surface area contributed by atoms with Crippen LogP contribution in [0, 0.1) is 0 Å². The number of hydrogen-bond acceptors (Lipinski definition) is 5. The van der Waals surface area contributed by atoms with Crippen LogP contribution in [0.2, 0.25) is 0 Å². The van der Waals surface area contributed by atoms with Crippen molar-refractivity contribution < 1.29 is 13.0 Å². The summed E-state index contributed by atoms with van der Waals surface area (Å²) in [4.78, 5) is 10.0. The first-order valence-electron chi connectivity index (χ1n) is 4.82. The molecular weight excluding hydrogens is 232 g/mol. The van der Waals surface area contributed by atoms with Gasteiger partial charge in [0.15, 0.2) is 0 Å². The zero-order chi connectivity index (χ0) is 11.6. The van der Waals surface area contributed by atoms with Gasteiger partial charge < -0.3 is 4.90 Å². The van der Waals surface area contributed by atoms with Gasteiger partial charge in [0.25, 0.3) is 0 Å². The molecule has 2 heterocycles. The van der Waals surface area contributed by atoms with Gasteiger partial charge in [-0.25, -0.2) is 9.97 Å². The first-order valence-corrected chi connectivity index (χ1v) is 6.21. The fourth-order valence-corrected chi connectivity index (χ4v) is 2.20. The van der Waals surface area contributed by atoms with Gasteiger partial charge in [0.1, 0.15) is 0 Å². The number of piperazine rings is 1. The van der Waals surface area contributed by atoms with Gasteiger partial charge in [0.05, 0.1) is 0 Å². The van der Waals surface area contributed by atoms with Gasteiger partial charge >= 0.3 is 10.3 Å². The molecule has 1 N–H and O–H groups in total. The minimum Gasteiger partial charge on any atom is -0.338 e. The van der Waals surface area contributed by atoms with Gasteiger partial charge in [-0.3, -0.25) is 4.55 Å². The molecule has 0 unspecified atom stereocenters. The summed E-state index contributed by atoms with van der Waals surface area (Å²) in [6.07, 6.45) is 3.27. The fraction of sp³-hybridized carbons (Fsp3) is 0.500. The lowest BCUT2D eigenvalue weighted by Crippen LogP contribution is -2.49. The van der Waals surface area contributed by atoms with Crippen molar-refractivity contribution in [3.8, 4) is 0 Å². The summed E-state index contributed by atoms with van der Waals surface area (Å²) in [6, 6.07) is 1.72. The topological polar surface area (TPSA) is 86.6 Å². The highest BCUT2D eigenvalue weighted by atomic mass is 32.2. The van der Waals surface area contributed by atoms with E-state index in [4.69, 9.17) is 4.55 Å². The fourth-order valence-electron chi connectivity index (χ4n) is 1.57. The number of nitrogens with zero attached hydrogens (tertiary/aromatic N) is 4. The molecule has 0 aliphatic carbocycles. The molecule has 88 valence electrons. The van der Waals surface area contributed by atoms with E-state index in [-0.39, 0.29) is 13.1 Å². The zero-order valence-electron chi connectivity index (χ0n) is 8.52. The summed E-state index contributed by atoms with van der Waals surface area (Å²) in [7, 11) is -4.07. The van der Waals surface area contributed by atoms with E-state index in [0.717, 1.165) is 4.31 Å². The number of rotatable bonds is 2. The maximum Gasteiger partial charge on any atom is 0.336 e. The number of anilines is 1. The van der Waals surface area contributed by atoms with Crippen LogP contribution in [-0.4, -0.2) is 53.4 Å². The van der Waals surface area contributed by atoms with Crippen LogP contribution < -0.4 is 4.90 Å². The molecule has 0 amide bonds. The Morgan fingerprint density at radius 2 is 1.69 bits per heavy atom. The first-order chi connectivity index (χ1) is 7.57. The Balaban J connectivity index is 2.01. The van der Waals surface area contributed by atoms with Gasteiger partial charge in [0, 0.05) is 38.6 Å². The molecule has 1 aromatic rings. The molecule has 0 saturated carbocycles. The second-order valence-corrected chi connectivity index (χ2v) is 4.82. The monoisotopic (exact) mass is 244 g/mol. The van der Waals surface area contributed by atoms with Gasteiger partial charge in [-0.1, -0.05) is 0 Å². The predicted molar refractivity (Wildman–Crippen MR) is 57.4 cm³/mol. The van der Waals surface area contributed by atoms with Crippen molar-refractivity contribution in [2.24, 2.45) is 0 Å². The molecule has 1 aliphatic rings. The smallest absolute Gasteiger partial charge is 0.336 e. The molecule has 8 heteroatoms. The van der Waals surface area contributed by atoms with Crippen molar-refractivity contribution >= 4 is 16.3 Å². The van der Waals surface area contributed by atoms with E-state index < -0.39 is 10.3 Å². The van der Waals surface area contributed by atoms with Gasteiger partial charge in [-0.2, -0.15) is 12.7 Å². The molecule has 1 aliphatic heterocycles. The van der Waals surface area contributed by atoms with Crippen LogP contribution in [-0.2, 0) is 10.3 Å². The standard InChI is InChI=1S/C8H12N4O3S/c13-16(14,15)12-6-4-11(5-7-12)8-9-2-1-3-10-8/h1-3H,4-7H2,(H,13,14,15). The number of hydrogen-bond donors (Lipinski definition) is 1. The van der Waals surface area contributed by atoms with Crippen LogP contribution in [0.3, 0.4) is 0 Å². The average Bonchev–Trinajstić information content (AvgIpc) is 2.29. The Morgan fingerprint density at radius 1 is 1.12 bits per heavy atom. The molecule has 2 rings (SSSR count). The molecular formula is C8H12N4O3S. The summed E-state index contributed by atoms with van der Waals surface area (Å²) in [6.45, 7) is 1.45. The number of aromatic nitrogens is 2. The van der Waals surface area contributed by atoms with Crippen molar-refractivity contribution in [1.82, 2.24) is 14.3 Å². The molecule has 1 saturated heterocycles. The molecule has 0 radical (unpaired) electrons. The van der Waals surface area contributed by atoms with Crippen LogP contribution in [0.1, 0.15) is 0 Å². The molecule has 1 fully saturated rings. The lowest BCUT2D eigenvalue weighted by Gasteiger charge is -2.32. The van der Waals surface area contributed by atoms with Crippen LogP contribution in [0.25, 0.3) is 0 Å². The third-order valence-corrected chi connectivity index (χ3v) is 3.42. The van der Waals surface area contributed by atoms with E-state index in [0.29, 0.717) is 19.0 Å². The average molecular weight is 244 g/mol. The van der Waals surface area contributed by atoms with E-state index >= 15 is 0 Å². The van der Waals surface area contributed by atoms with Crippen LogP contribution in [0.4, 0.5) is 5.95 Å². The van der Waals surface area contributed by atoms with Crippen LogP contribution >= 0.6 is 0 Å². The van der Waals surface area contributed by atoms with Crippen LogP contribution in [0.5, 0.6) is 0 Å². The largest absolute Gasteiger partial charge is 0.338 e. The third-order valence-electron chi connectivity index (χ3n) is 2.40. The second-order valence-electron chi connectivity index (χ2n) is 3.41. The highest BCUT2D eigenvalue weighted by Crippen LogP contribution is 2.11. The molecule has 0 atom stereocenters. The maximum absolute atomic E-state index is 10.9.